The van der Waals surface area contributed by atoms with Crippen LogP contribution >= 0.6 is 0 Å². The van der Waals surface area contributed by atoms with Gasteiger partial charge in [-0.2, -0.15) is 5.10 Å². The third kappa shape index (κ3) is 2.63. The van der Waals surface area contributed by atoms with Gasteiger partial charge in [-0.05, 0) is 19.1 Å². The fourth-order valence-electron chi connectivity index (χ4n) is 1.67. The van der Waals surface area contributed by atoms with Crippen molar-refractivity contribution < 1.29 is 14.0 Å². The van der Waals surface area contributed by atoms with E-state index in [-0.39, 0.29) is 12.2 Å². The number of amides is 2. The average Bonchev–Trinajstić information content (AvgIpc) is 2.96. The molecule has 0 radical (unpaired) electrons. The Balaban J connectivity index is 2.19. The molecule has 0 aliphatic heterocycles. The molecule has 2 amide bonds. The number of nitrogens with two attached hydrogens (primary N) is 2. The summed E-state index contributed by atoms with van der Waals surface area (Å²) in [6.07, 6.45) is 1.60. The van der Waals surface area contributed by atoms with E-state index in [0.29, 0.717) is 17.1 Å². The van der Waals surface area contributed by atoms with Crippen LogP contribution in [0.2, 0.25) is 0 Å². The lowest BCUT2D eigenvalue weighted by atomic mass is 10.2. The smallest absolute Gasteiger partial charge is 0.269 e. The molecule has 0 aromatic carbocycles. The van der Waals surface area contributed by atoms with E-state index in [2.05, 4.69) is 5.10 Å². The lowest BCUT2D eigenvalue weighted by Crippen LogP contribution is -2.30. The lowest BCUT2D eigenvalue weighted by molar-refractivity contribution is 0.0950. The zero-order chi connectivity index (χ0) is 14.0. The number of hydrogen-bond acceptors (Lipinski definition) is 5. The minimum absolute atomic E-state index is 0.170. The van der Waals surface area contributed by atoms with Crippen LogP contribution in [0.1, 0.15) is 32.4 Å². The summed E-state index contributed by atoms with van der Waals surface area (Å²) in [7, 11) is 0. The molecular weight excluding hydrogens is 250 g/mol. The number of nitrogens with one attached hydrogen (secondary N) is 1. The van der Waals surface area contributed by atoms with Gasteiger partial charge in [0.15, 0.2) is 0 Å². The van der Waals surface area contributed by atoms with Crippen LogP contribution in [0.4, 0.5) is 0 Å². The van der Waals surface area contributed by atoms with Gasteiger partial charge in [0.25, 0.3) is 11.8 Å². The number of rotatable bonds is 4. The number of hydrogen-bond donors (Lipinski definition) is 3. The maximum absolute atomic E-state index is 11.4. The number of hydrazine groups is 1. The lowest BCUT2D eigenvalue weighted by Gasteiger charge is -1.96. The molecule has 0 aliphatic rings. The number of nitrogens with zero attached hydrogens (tertiary/aromatic N) is 2. The number of furan rings is 1. The van der Waals surface area contributed by atoms with E-state index in [0.717, 1.165) is 0 Å². The second-order valence-electron chi connectivity index (χ2n) is 3.92. The van der Waals surface area contributed by atoms with Crippen molar-refractivity contribution in [3.05, 3.63) is 41.1 Å². The van der Waals surface area contributed by atoms with Crippen LogP contribution in [-0.2, 0) is 6.54 Å². The molecule has 0 atom stereocenters. The number of aromatic nitrogens is 2. The van der Waals surface area contributed by atoms with Crippen molar-refractivity contribution in [1.29, 1.82) is 0 Å². The van der Waals surface area contributed by atoms with Crippen LogP contribution in [0.15, 0.2) is 22.7 Å². The molecule has 2 aromatic heterocycles. The third-order valence-electron chi connectivity index (χ3n) is 2.56. The Labute approximate surface area is 108 Å². The second-order valence-corrected chi connectivity index (χ2v) is 3.92. The molecule has 2 aromatic rings. The SMILES string of the molecule is Cc1oc(Cn2ccc(C(N)=O)n2)cc1C(=O)NN. The Bertz CT molecular complexity index is 628. The number of primary amides is 1. The van der Waals surface area contributed by atoms with E-state index < -0.39 is 11.8 Å². The van der Waals surface area contributed by atoms with Crippen LogP contribution in [0.3, 0.4) is 0 Å². The Hall–Kier alpha value is -2.61. The van der Waals surface area contributed by atoms with Crippen LogP contribution in [-0.4, -0.2) is 21.6 Å². The molecule has 0 spiro atoms. The minimum atomic E-state index is -0.599. The van der Waals surface area contributed by atoms with Gasteiger partial charge in [-0.15, -0.1) is 0 Å². The van der Waals surface area contributed by atoms with Crippen molar-refractivity contribution in [3.63, 3.8) is 0 Å². The summed E-state index contributed by atoms with van der Waals surface area (Å²) in [5.41, 5.74) is 7.67. The van der Waals surface area contributed by atoms with Crippen molar-refractivity contribution in [1.82, 2.24) is 15.2 Å². The first-order chi connectivity index (χ1) is 9.01. The molecule has 2 rings (SSSR count). The Kier molecular flexibility index (Phi) is 3.34. The highest BCUT2D eigenvalue weighted by molar-refractivity contribution is 5.94. The number of aryl methyl sites for hydroxylation is 1. The normalized spacial score (nSPS) is 10.4. The summed E-state index contributed by atoms with van der Waals surface area (Å²) >= 11 is 0. The van der Waals surface area contributed by atoms with Crippen molar-refractivity contribution in [2.75, 3.05) is 0 Å². The Morgan fingerprint density at radius 1 is 1.53 bits per heavy atom. The van der Waals surface area contributed by atoms with Gasteiger partial charge in [-0.25, -0.2) is 5.84 Å². The average molecular weight is 263 g/mol. The van der Waals surface area contributed by atoms with Crippen LogP contribution in [0, 0.1) is 6.92 Å². The molecule has 0 fully saturated rings. The zero-order valence-electron chi connectivity index (χ0n) is 10.2. The van der Waals surface area contributed by atoms with Gasteiger partial charge < -0.3 is 10.2 Å². The molecule has 5 N–H and O–H groups in total. The molecule has 0 aliphatic carbocycles. The summed E-state index contributed by atoms with van der Waals surface area (Å²) < 4.78 is 6.91. The topological polar surface area (TPSA) is 129 Å². The number of carbonyl (C=O) groups excluding carboxylic acids is 2. The van der Waals surface area contributed by atoms with Gasteiger partial charge in [-0.3, -0.25) is 19.7 Å². The quantitative estimate of drug-likeness (QED) is 0.390. The van der Waals surface area contributed by atoms with Crippen LogP contribution in [0.25, 0.3) is 0 Å². The first-order valence-electron chi connectivity index (χ1n) is 5.44. The van der Waals surface area contributed by atoms with E-state index >= 15 is 0 Å². The van der Waals surface area contributed by atoms with E-state index in [9.17, 15) is 9.59 Å². The fraction of sp³-hybridized carbons (Fsp3) is 0.182. The fourth-order valence-corrected chi connectivity index (χ4v) is 1.67. The predicted molar refractivity (Wildman–Crippen MR) is 64.9 cm³/mol. The maximum atomic E-state index is 11.4. The van der Waals surface area contributed by atoms with Gasteiger partial charge >= 0.3 is 0 Å². The molecule has 19 heavy (non-hydrogen) atoms. The van der Waals surface area contributed by atoms with E-state index in [1.165, 1.54) is 10.7 Å². The molecule has 0 saturated carbocycles. The summed E-state index contributed by atoms with van der Waals surface area (Å²) in [4.78, 5) is 22.3. The van der Waals surface area contributed by atoms with Crippen LogP contribution in [0.5, 0.6) is 0 Å². The summed E-state index contributed by atoms with van der Waals surface area (Å²) in [5, 5.41) is 3.97. The number of carbonyl (C=O) groups is 2. The predicted octanol–water partition coefficient (Wildman–Crippen LogP) is -0.465. The van der Waals surface area contributed by atoms with Crippen molar-refractivity contribution >= 4 is 11.8 Å². The van der Waals surface area contributed by atoms with Gasteiger partial charge in [0.2, 0.25) is 0 Å². The highest BCUT2D eigenvalue weighted by Crippen LogP contribution is 2.15. The van der Waals surface area contributed by atoms with E-state index in [1.54, 1.807) is 19.2 Å². The maximum Gasteiger partial charge on any atom is 0.269 e. The second kappa shape index (κ2) is 4.94. The Morgan fingerprint density at radius 3 is 2.84 bits per heavy atom. The van der Waals surface area contributed by atoms with E-state index in [4.69, 9.17) is 16.0 Å². The molecule has 0 bridgehead atoms. The van der Waals surface area contributed by atoms with Crippen molar-refractivity contribution in [3.8, 4) is 0 Å². The van der Waals surface area contributed by atoms with Crippen molar-refractivity contribution in [2.24, 2.45) is 11.6 Å². The van der Waals surface area contributed by atoms with Gasteiger partial charge in [-0.1, -0.05) is 0 Å². The highest BCUT2D eigenvalue weighted by atomic mass is 16.3. The summed E-state index contributed by atoms with van der Waals surface area (Å²) in [5.74, 6) is 5.02. The molecule has 2 heterocycles. The first-order valence-corrected chi connectivity index (χ1v) is 5.44. The summed E-state index contributed by atoms with van der Waals surface area (Å²) in [6.45, 7) is 1.94. The van der Waals surface area contributed by atoms with Gasteiger partial charge in [0.1, 0.15) is 17.2 Å². The molecular formula is C11H13N5O3. The van der Waals surface area contributed by atoms with Crippen molar-refractivity contribution in [2.45, 2.75) is 13.5 Å². The Morgan fingerprint density at radius 2 is 2.26 bits per heavy atom. The first kappa shape index (κ1) is 12.8. The largest absolute Gasteiger partial charge is 0.464 e. The van der Waals surface area contributed by atoms with E-state index in [1.807, 2.05) is 5.43 Å². The van der Waals surface area contributed by atoms with Gasteiger partial charge in [0, 0.05) is 6.20 Å². The molecule has 0 saturated heterocycles. The van der Waals surface area contributed by atoms with Crippen LogP contribution < -0.4 is 17.0 Å². The summed E-state index contributed by atoms with van der Waals surface area (Å²) in [6, 6.07) is 3.08. The third-order valence-corrected chi connectivity index (χ3v) is 2.56. The standard InChI is InChI=1S/C11H13N5O3/c1-6-8(11(18)14-13)4-7(19-6)5-16-3-2-9(15-16)10(12)17/h2-4H,5,13H2,1H3,(H2,12,17)(H,14,18). The molecule has 8 heteroatoms. The number of nitrogen functional groups attached to an aromatic ring is 1. The van der Waals surface area contributed by atoms with Gasteiger partial charge in [0.05, 0.1) is 12.1 Å². The monoisotopic (exact) mass is 263 g/mol. The molecule has 100 valence electrons. The minimum Gasteiger partial charge on any atom is -0.464 e. The zero-order valence-corrected chi connectivity index (χ0v) is 10.2. The molecule has 0 unspecified atom stereocenters. The highest BCUT2D eigenvalue weighted by Gasteiger charge is 2.14. The molecule has 8 nitrogen and oxygen atoms in total.